The van der Waals surface area contributed by atoms with Crippen molar-refractivity contribution >= 4 is 5.69 Å². The summed E-state index contributed by atoms with van der Waals surface area (Å²) in [7, 11) is 0. The Balaban J connectivity index is 1.61. The molecule has 23 heavy (non-hydrogen) atoms. The van der Waals surface area contributed by atoms with Gasteiger partial charge >= 0.3 is 0 Å². The van der Waals surface area contributed by atoms with Crippen molar-refractivity contribution in [2.75, 3.05) is 18.5 Å². The maximum absolute atomic E-state index is 5.87. The van der Waals surface area contributed by atoms with Gasteiger partial charge in [0.05, 0.1) is 18.1 Å². The Morgan fingerprint density at radius 3 is 2.61 bits per heavy atom. The average Bonchev–Trinajstić information content (AvgIpc) is 2.60. The van der Waals surface area contributed by atoms with Crippen molar-refractivity contribution in [3.05, 3.63) is 72.6 Å². The number of rotatable bonds is 6. The van der Waals surface area contributed by atoms with E-state index in [1.54, 1.807) is 12.4 Å². The van der Waals surface area contributed by atoms with Crippen LogP contribution in [0, 0.1) is 6.92 Å². The van der Waals surface area contributed by atoms with Gasteiger partial charge in [0, 0.05) is 6.54 Å². The third-order valence-corrected chi connectivity index (χ3v) is 3.44. The number of hydrogen-bond donors (Lipinski definition) is 1. The summed E-state index contributed by atoms with van der Waals surface area (Å²) < 4.78 is 5.87. The van der Waals surface area contributed by atoms with Crippen molar-refractivity contribution < 1.29 is 4.74 Å². The third-order valence-electron chi connectivity index (χ3n) is 3.44. The van der Waals surface area contributed by atoms with Gasteiger partial charge in [-0.25, -0.2) is 0 Å². The zero-order valence-corrected chi connectivity index (χ0v) is 13.1. The minimum Gasteiger partial charge on any atom is -0.492 e. The van der Waals surface area contributed by atoms with Crippen molar-refractivity contribution in [3.8, 4) is 16.9 Å². The molecule has 0 fully saturated rings. The first-order chi connectivity index (χ1) is 11.3. The molecule has 4 heteroatoms. The second-order valence-corrected chi connectivity index (χ2v) is 5.31. The summed E-state index contributed by atoms with van der Waals surface area (Å²) in [5, 5.41) is 10.8. The van der Waals surface area contributed by atoms with Gasteiger partial charge in [0.2, 0.25) is 0 Å². The van der Waals surface area contributed by atoms with Gasteiger partial charge in [-0.15, -0.1) is 0 Å². The summed E-state index contributed by atoms with van der Waals surface area (Å²) in [6.07, 6.45) is 3.36. The highest BCUT2D eigenvalue weighted by atomic mass is 16.5. The molecule has 3 rings (SSSR count). The van der Waals surface area contributed by atoms with Crippen molar-refractivity contribution in [1.29, 1.82) is 0 Å². The van der Waals surface area contributed by atoms with Gasteiger partial charge in [-0.1, -0.05) is 36.4 Å². The Kier molecular flexibility index (Phi) is 4.84. The van der Waals surface area contributed by atoms with Crippen LogP contribution in [0.2, 0.25) is 0 Å². The minimum atomic E-state index is 0.583. The SMILES string of the molecule is Cc1cc(OCCNc2ccnnc2)cc(-c2ccccc2)c1. The van der Waals surface area contributed by atoms with Gasteiger partial charge < -0.3 is 10.1 Å². The first-order valence-corrected chi connectivity index (χ1v) is 7.62. The third kappa shape index (κ3) is 4.30. The van der Waals surface area contributed by atoms with Gasteiger partial charge in [-0.2, -0.15) is 10.2 Å². The number of hydrogen-bond acceptors (Lipinski definition) is 4. The van der Waals surface area contributed by atoms with Gasteiger partial charge in [-0.05, 0) is 41.8 Å². The second-order valence-electron chi connectivity index (χ2n) is 5.31. The van der Waals surface area contributed by atoms with Crippen LogP contribution in [0.3, 0.4) is 0 Å². The number of ether oxygens (including phenoxy) is 1. The van der Waals surface area contributed by atoms with Crippen molar-refractivity contribution in [3.63, 3.8) is 0 Å². The molecule has 0 aliphatic carbocycles. The Hall–Kier alpha value is -2.88. The Labute approximate surface area is 136 Å². The van der Waals surface area contributed by atoms with E-state index in [9.17, 15) is 0 Å². The van der Waals surface area contributed by atoms with Crippen LogP contribution in [-0.4, -0.2) is 23.3 Å². The molecule has 2 aromatic carbocycles. The smallest absolute Gasteiger partial charge is 0.120 e. The van der Waals surface area contributed by atoms with E-state index >= 15 is 0 Å². The lowest BCUT2D eigenvalue weighted by atomic mass is 10.0. The van der Waals surface area contributed by atoms with E-state index in [0.29, 0.717) is 13.2 Å². The van der Waals surface area contributed by atoms with E-state index in [2.05, 4.69) is 52.8 Å². The molecule has 0 radical (unpaired) electrons. The lowest BCUT2D eigenvalue weighted by Gasteiger charge is -2.11. The first-order valence-electron chi connectivity index (χ1n) is 7.62. The highest BCUT2D eigenvalue weighted by molar-refractivity contribution is 5.66. The van der Waals surface area contributed by atoms with Crippen LogP contribution in [0.1, 0.15) is 5.56 Å². The standard InChI is InChI=1S/C19H19N3O/c1-15-11-17(16-5-3-2-4-6-16)13-19(12-15)23-10-9-20-18-7-8-21-22-14-18/h2-8,11-14H,9-10H2,1H3,(H,20,21). The van der Waals surface area contributed by atoms with Gasteiger partial charge in [0.1, 0.15) is 12.4 Å². The normalized spacial score (nSPS) is 10.3. The number of aromatic nitrogens is 2. The summed E-state index contributed by atoms with van der Waals surface area (Å²) in [5.74, 6) is 0.888. The number of nitrogens with one attached hydrogen (secondary N) is 1. The predicted octanol–water partition coefficient (Wildman–Crippen LogP) is 3.94. The van der Waals surface area contributed by atoms with Gasteiger partial charge in [0.15, 0.2) is 0 Å². The quantitative estimate of drug-likeness (QED) is 0.701. The molecular weight excluding hydrogens is 286 g/mol. The van der Waals surface area contributed by atoms with E-state index in [1.165, 1.54) is 16.7 Å². The maximum atomic E-state index is 5.87. The van der Waals surface area contributed by atoms with Crippen LogP contribution >= 0.6 is 0 Å². The van der Waals surface area contributed by atoms with Crippen molar-refractivity contribution in [2.24, 2.45) is 0 Å². The second kappa shape index (κ2) is 7.40. The molecule has 4 nitrogen and oxygen atoms in total. The molecule has 0 spiro atoms. The highest BCUT2D eigenvalue weighted by Crippen LogP contribution is 2.25. The van der Waals surface area contributed by atoms with Gasteiger partial charge in [-0.3, -0.25) is 0 Å². The Morgan fingerprint density at radius 2 is 1.83 bits per heavy atom. The maximum Gasteiger partial charge on any atom is 0.120 e. The van der Waals surface area contributed by atoms with E-state index < -0.39 is 0 Å². The van der Waals surface area contributed by atoms with Gasteiger partial charge in [0.25, 0.3) is 0 Å². The largest absolute Gasteiger partial charge is 0.492 e. The monoisotopic (exact) mass is 305 g/mol. The van der Waals surface area contributed by atoms with Crippen LogP contribution < -0.4 is 10.1 Å². The fourth-order valence-electron chi connectivity index (χ4n) is 2.39. The van der Waals surface area contributed by atoms with E-state index in [4.69, 9.17) is 4.74 Å². The summed E-state index contributed by atoms with van der Waals surface area (Å²) in [5.41, 5.74) is 4.50. The molecular formula is C19H19N3O. The lowest BCUT2D eigenvalue weighted by molar-refractivity contribution is 0.333. The molecule has 0 bridgehead atoms. The molecule has 0 saturated heterocycles. The predicted molar refractivity (Wildman–Crippen MR) is 92.6 cm³/mol. The van der Waals surface area contributed by atoms with Crippen LogP contribution in [-0.2, 0) is 0 Å². The van der Waals surface area contributed by atoms with E-state index in [-0.39, 0.29) is 0 Å². The lowest BCUT2D eigenvalue weighted by Crippen LogP contribution is -2.11. The first kappa shape index (κ1) is 15.0. The summed E-state index contributed by atoms with van der Waals surface area (Å²) in [6, 6.07) is 18.5. The summed E-state index contributed by atoms with van der Waals surface area (Å²) >= 11 is 0. The molecule has 0 amide bonds. The van der Waals surface area contributed by atoms with Crippen molar-refractivity contribution in [2.45, 2.75) is 6.92 Å². The van der Waals surface area contributed by atoms with Crippen LogP contribution in [0.15, 0.2) is 67.0 Å². The number of nitrogens with zero attached hydrogens (tertiary/aromatic N) is 2. The van der Waals surface area contributed by atoms with E-state index in [0.717, 1.165) is 11.4 Å². The van der Waals surface area contributed by atoms with Crippen LogP contribution in [0.25, 0.3) is 11.1 Å². The number of aryl methyl sites for hydroxylation is 1. The zero-order valence-electron chi connectivity index (χ0n) is 13.1. The average molecular weight is 305 g/mol. The van der Waals surface area contributed by atoms with Crippen LogP contribution in [0.4, 0.5) is 5.69 Å². The topological polar surface area (TPSA) is 47.0 Å². The zero-order chi connectivity index (χ0) is 15.9. The Bertz CT molecular complexity index is 745. The fourth-order valence-corrected chi connectivity index (χ4v) is 2.39. The van der Waals surface area contributed by atoms with E-state index in [1.807, 2.05) is 24.3 Å². The molecule has 1 aromatic heterocycles. The molecule has 0 aliphatic rings. The minimum absolute atomic E-state index is 0.583. The summed E-state index contributed by atoms with van der Waals surface area (Å²) in [6.45, 7) is 3.38. The van der Waals surface area contributed by atoms with Crippen molar-refractivity contribution in [1.82, 2.24) is 10.2 Å². The molecule has 1 heterocycles. The molecule has 0 aliphatic heterocycles. The highest BCUT2D eigenvalue weighted by Gasteiger charge is 2.02. The van der Waals surface area contributed by atoms with Crippen LogP contribution in [0.5, 0.6) is 5.75 Å². The molecule has 116 valence electrons. The Morgan fingerprint density at radius 1 is 0.957 bits per heavy atom. The summed E-state index contributed by atoms with van der Waals surface area (Å²) in [4.78, 5) is 0. The molecule has 3 aromatic rings. The number of benzene rings is 2. The molecule has 0 unspecified atom stereocenters. The fraction of sp³-hybridized carbons (Fsp3) is 0.158. The molecule has 0 atom stereocenters. The molecule has 0 saturated carbocycles. The number of anilines is 1. The molecule has 1 N–H and O–H groups in total.